The average Bonchev–Trinajstić information content (AvgIpc) is 2.93. The molecule has 0 aliphatic carbocycles. The van der Waals surface area contributed by atoms with Gasteiger partial charge in [-0.2, -0.15) is 14.6 Å². The number of carbonyl (C=O) groups excluding carboxylic acids is 1. The highest BCUT2D eigenvalue weighted by atomic mass is 16.2. The average molecular weight is 289 g/mol. The third kappa shape index (κ3) is 2.54. The summed E-state index contributed by atoms with van der Waals surface area (Å²) in [6.45, 7) is 6.48. The fourth-order valence-corrected chi connectivity index (χ4v) is 2.58. The first-order chi connectivity index (χ1) is 10.1. The molecule has 1 amide bonds. The molecule has 1 aliphatic rings. The molecule has 0 spiro atoms. The normalized spacial score (nSPS) is 17.3. The molecule has 1 aliphatic heterocycles. The SMILES string of the molecule is Cc1cc(N2CCN(C(=O)[C@@H](C)N)CC2)n2ncnc2n1. The van der Waals surface area contributed by atoms with Gasteiger partial charge < -0.3 is 15.5 Å². The monoisotopic (exact) mass is 289 g/mol. The summed E-state index contributed by atoms with van der Waals surface area (Å²) >= 11 is 0. The van der Waals surface area contributed by atoms with Gasteiger partial charge in [-0.1, -0.05) is 0 Å². The molecule has 0 radical (unpaired) electrons. The van der Waals surface area contributed by atoms with E-state index in [-0.39, 0.29) is 5.91 Å². The quantitative estimate of drug-likeness (QED) is 0.796. The number of amides is 1. The molecule has 2 aromatic heterocycles. The number of rotatable bonds is 2. The number of aryl methyl sites for hydroxylation is 1. The van der Waals surface area contributed by atoms with Crippen molar-refractivity contribution in [2.75, 3.05) is 31.1 Å². The van der Waals surface area contributed by atoms with E-state index < -0.39 is 6.04 Å². The minimum atomic E-state index is -0.443. The molecule has 8 nitrogen and oxygen atoms in total. The molecule has 2 aromatic rings. The molecule has 1 saturated heterocycles. The molecular formula is C13H19N7O. The first kappa shape index (κ1) is 13.7. The lowest BCUT2D eigenvalue weighted by Gasteiger charge is -2.36. The number of piperazine rings is 1. The molecule has 1 fully saturated rings. The van der Waals surface area contributed by atoms with Gasteiger partial charge in [-0.05, 0) is 13.8 Å². The summed E-state index contributed by atoms with van der Waals surface area (Å²) in [6.07, 6.45) is 1.50. The second-order valence-electron chi connectivity index (χ2n) is 5.33. The minimum Gasteiger partial charge on any atom is -0.353 e. The molecule has 0 unspecified atom stereocenters. The third-order valence-corrected chi connectivity index (χ3v) is 3.67. The summed E-state index contributed by atoms with van der Waals surface area (Å²) in [6, 6.07) is 1.55. The third-order valence-electron chi connectivity index (χ3n) is 3.67. The van der Waals surface area contributed by atoms with Crippen molar-refractivity contribution in [3.8, 4) is 0 Å². The summed E-state index contributed by atoms with van der Waals surface area (Å²) in [7, 11) is 0. The van der Waals surface area contributed by atoms with Gasteiger partial charge in [0.15, 0.2) is 0 Å². The Balaban J connectivity index is 1.80. The Labute approximate surface area is 122 Å². The Morgan fingerprint density at radius 2 is 2.05 bits per heavy atom. The number of hydrogen-bond acceptors (Lipinski definition) is 6. The van der Waals surface area contributed by atoms with E-state index in [9.17, 15) is 4.79 Å². The van der Waals surface area contributed by atoms with Crippen molar-refractivity contribution < 1.29 is 4.79 Å². The number of aromatic nitrogens is 4. The van der Waals surface area contributed by atoms with Crippen LogP contribution in [-0.4, -0.2) is 62.6 Å². The van der Waals surface area contributed by atoms with Gasteiger partial charge >= 0.3 is 0 Å². The van der Waals surface area contributed by atoms with Crippen LogP contribution in [0.2, 0.25) is 0 Å². The van der Waals surface area contributed by atoms with E-state index in [0.29, 0.717) is 18.9 Å². The molecule has 0 aromatic carbocycles. The van der Waals surface area contributed by atoms with Gasteiger partial charge in [0.05, 0.1) is 6.04 Å². The molecule has 112 valence electrons. The van der Waals surface area contributed by atoms with Crippen molar-refractivity contribution in [1.29, 1.82) is 0 Å². The van der Waals surface area contributed by atoms with E-state index in [4.69, 9.17) is 5.73 Å². The number of hydrogen-bond donors (Lipinski definition) is 1. The number of fused-ring (bicyclic) bond motifs is 1. The van der Waals surface area contributed by atoms with Gasteiger partial charge in [-0.15, -0.1) is 0 Å². The molecule has 1 atom stereocenters. The molecule has 8 heteroatoms. The second kappa shape index (κ2) is 5.28. The van der Waals surface area contributed by atoms with Crippen LogP contribution in [0.3, 0.4) is 0 Å². The summed E-state index contributed by atoms with van der Waals surface area (Å²) in [5, 5.41) is 4.22. The lowest BCUT2D eigenvalue weighted by molar-refractivity contribution is -0.132. The van der Waals surface area contributed by atoms with Crippen molar-refractivity contribution in [1.82, 2.24) is 24.5 Å². The lowest BCUT2D eigenvalue weighted by atomic mass is 10.2. The van der Waals surface area contributed by atoms with Gasteiger partial charge in [0.1, 0.15) is 12.1 Å². The lowest BCUT2D eigenvalue weighted by Crippen LogP contribution is -2.53. The number of nitrogens with two attached hydrogens (primary N) is 1. The van der Waals surface area contributed by atoms with E-state index in [1.165, 1.54) is 6.33 Å². The molecule has 0 bridgehead atoms. The van der Waals surface area contributed by atoms with Crippen LogP contribution in [0, 0.1) is 6.92 Å². The Morgan fingerprint density at radius 1 is 1.33 bits per heavy atom. The summed E-state index contributed by atoms with van der Waals surface area (Å²) in [5.74, 6) is 1.56. The summed E-state index contributed by atoms with van der Waals surface area (Å²) in [5.41, 5.74) is 6.56. The zero-order valence-electron chi connectivity index (χ0n) is 12.2. The highest BCUT2D eigenvalue weighted by molar-refractivity contribution is 5.81. The summed E-state index contributed by atoms with van der Waals surface area (Å²) in [4.78, 5) is 24.4. The first-order valence-corrected chi connectivity index (χ1v) is 7.03. The van der Waals surface area contributed by atoms with Crippen molar-refractivity contribution >= 4 is 17.5 Å². The van der Waals surface area contributed by atoms with E-state index in [2.05, 4.69) is 20.0 Å². The van der Waals surface area contributed by atoms with E-state index in [0.717, 1.165) is 24.6 Å². The maximum atomic E-state index is 11.9. The van der Waals surface area contributed by atoms with E-state index in [1.54, 1.807) is 11.4 Å². The van der Waals surface area contributed by atoms with Crippen LogP contribution in [0.4, 0.5) is 5.82 Å². The maximum Gasteiger partial charge on any atom is 0.254 e. The molecule has 3 heterocycles. The first-order valence-electron chi connectivity index (χ1n) is 7.03. The van der Waals surface area contributed by atoms with Crippen LogP contribution in [0.25, 0.3) is 5.78 Å². The van der Waals surface area contributed by atoms with Crippen LogP contribution >= 0.6 is 0 Å². The predicted octanol–water partition coefficient (Wildman–Crippen LogP) is -0.571. The zero-order valence-corrected chi connectivity index (χ0v) is 12.2. The van der Waals surface area contributed by atoms with Crippen molar-refractivity contribution in [3.63, 3.8) is 0 Å². The van der Waals surface area contributed by atoms with Crippen LogP contribution in [0.5, 0.6) is 0 Å². The van der Waals surface area contributed by atoms with Crippen molar-refractivity contribution in [2.24, 2.45) is 5.73 Å². The van der Waals surface area contributed by atoms with Gasteiger partial charge in [0.25, 0.3) is 5.78 Å². The van der Waals surface area contributed by atoms with Crippen LogP contribution in [-0.2, 0) is 4.79 Å². The fourth-order valence-electron chi connectivity index (χ4n) is 2.58. The van der Waals surface area contributed by atoms with Gasteiger partial charge in [0, 0.05) is 37.9 Å². The Hall–Kier alpha value is -2.22. The maximum absolute atomic E-state index is 11.9. The van der Waals surface area contributed by atoms with Gasteiger partial charge in [-0.25, -0.2) is 4.98 Å². The Kier molecular flexibility index (Phi) is 3.46. The van der Waals surface area contributed by atoms with Crippen LogP contribution < -0.4 is 10.6 Å². The van der Waals surface area contributed by atoms with Gasteiger partial charge in [0.2, 0.25) is 5.91 Å². The molecular weight excluding hydrogens is 270 g/mol. The number of nitrogens with zero attached hydrogens (tertiary/aromatic N) is 6. The standard InChI is InChI=1S/C13H19N7O/c1-9-7-11(20-13(17-9)15-8-16-20)18-3-5-19(6-4-18)12(21)10(2)14/h7-8,10H,3-6,14H2,1-2H3/t10-/m1/s1. The van der Waals surface area contributed by atoms with Crippen molar-refractivity contribution in [3.05, 3.63) is 18.1 Å². The summed E-state index contributed by atoms with van der Waals surface area (Å²) < 4.78 is 1.73. The Bertz CT molecular complexity index is 658. The van der Waals surface area contributed by atoms with Crippen LogP contribution in [0.15, 0.2) is 12.4 Å². The number of anilines is 1. The van der Waals surface area contributed by atoms with Crippen molar-refractivity contribution in [2.45, 2.75) is 19.9 Å². The molecule has 2 N–H and O–H groups in total. The highest BCUT2D eigenvalue weighted by Gasteiger charge is 2.24. The highest BCUT2D eigenvalue weighted by Crippen LogP contribution is 2.18. The van der Waals surface area contributed by atoms with Gasteiger partial charge in [-0.3, -0.25) is 4.79 Å². The largest absolute Gasteiger partial charge is 0.353 e. The molecule has 21 heavy (non-hydrogen) atoms. The smallest absolute Gasteiger partial charge is 0.254 e. The topological polar surface area (TPSA) is 92.7 Å². The minimum absolute atomic E-state index is 0.00598. The van der Waals surface area contributed by atoms with E-state index >= 15 is 0 Å². The van der Waals surface area contributed by atoms with Crippen LogP contribution in [0.1, 0.15) is 12.6 Å². The molecule has 3 rings (SSSR count). The second-order valence-corrected chi connectivity index (χ2v) is 5.33. The zero-order chi connectivity index (χ0) is 15.0. The van der Waals surface area contributed by atoms with E-state index in [1.807, 2.05) is 17.9 Å². The fraction of sp³-hybridized carbons (Fsp3) is 0.538. The Morgan fingerprint density at radius 3 is 2.71 bits per heavy atom. The predicted molar refractivity (Wildman–Crippen MR) is 78.0 cm³/mol. The number of carbonyl (C=O) groups is 1. The molecule has 0 saturated carbocycles.